The van der Waals surface area contributed by atoms with Gasteiger partial charge in [0, 0.05) is 31.0 Å². The number of hydrogen-bond acceptors (Lipinski definition) is 5. The summed E-state index contributed by atoms with van der Waals surface area (Å²) in [5.41, 5.74) is 1.90. The smallest absolute Gasteiger partial charge is 0.335 e. The van der Waals surface area contributed by atoms with Crippen LogP contribution in [-0.4, -0.2) is 41.8 Å². The predicted molar refractivity (Wildman–Crippen MR) is 96.7 cm³/mol. The Morgan fingerprint density at radius 2 is 2.04 bits per heavy atom. The van der Waals surface area contributed by atoms with Gasteiger partial charge in [-0.1, -0.05) is 12.1 Å². The number of amides is 2. The lowest BCUT2D eigenvalue weighted by molar-refractivity contribution is 0.0697. The number of carboxylic acid groups (broad SMARTS) is 1. The van der Waals surface area contributed by atoms with E-state index in [-0.39, 0.29) is 23.7 Å². The van der Waals surface area contributed by atoms with E-state index in [4.69, 9.17) is 14.6 Å². The molecule has 0 radical (unpaired) electrons. The zero-order valence-electron chi connectivity index (χ0n) is 14.8. The van der Waals surface area contributed by atoms with Crippen LogP contribution in [0.5, 0.6) is 5.88 Å². The molecule has 0 bridgehead atoms. The molecule has 1 fully saturated rings. The Balaban J connectivity index is 1.53. The molecule has 1 aromatic carbocycles. The fraction of sp³-hybridized carbons (Fsp3) is 0.316. The van der Waals surface area contributed by atoms with Gasteiger partial charge < -0.3 is 25.2 Å². The number of nitrogens with zero attached hydrogens (tertiary/aromatic N) is 1. The Hall–Kier alpha value is -3.13. The number of hydrogen-bond donors (Lipinski definition) is 3. The molecular formula is C19H21N3O5. The second-order valence-electron chi connectivity index (χ2n) is 6.15. The number of carbonyl (C=O) groups is 2. The maximum atomic E-state index is 12.2. The van der Waals surface area contributed by atoms with E-state index < -0.39 is 5.97 Å². The van der Waals surface area contributed by atoms with Crippen LogP contribution in [0, 0.1) is 0 Å². The van der Waals surface area contributed by atoms with Gasteiger partial charge in [-0.3, -0.25) is 0 Å². The first kappa shape index (κ1) is 18.7. The lowest BCUT2D eigenvalue weighted by atomic mass is 10.0. The van der Waals surface area contributed by atoms with Crippen LogP contribution in [0.3, 0.4) is 0 Å². The summed E-state index contributed by atoms with van der Waals surface area (Å²) >= 11 is 0. The van der Waals surface area contributed by atoms with Crippen molar-refractivity contribution in [3.63, 3.8) is 0 Å². The number of nitrogens with one attached hydrogen (secondary N) is 2. The second-order valence-corrected chi connectivity index (χ2v) is 6.15. The van der Waals surface area contributed by atoms with Crippen molar-refractivity contribution in [3.8, 4) is 5.88 Å². The Bertz CT molecular complexity index is 792. The van der Waals surface area contributed by atoms with Gasteiger partial charge in [-0.15, -0.1) is 0 Å². The molecule has 2 atom stereocenters. The third kappa shape index (κ3) is 4.73. The maximum absolute atomic E-state index is 12.2. The van der Waals surface area contributed by atoms with Crippen molar-refractivity contribution < 1.29 is 24.2 Å². The first-order valence-corrected chi connectivity index (χ1v) is 8.55. The molecule has 1 aromatic heterocycles. The third-order valence-corrected chi connectivity index (χ3v) is 4.36. The van der Waals surface area contributed by atoms with Crippen LogP contribution >= 0.6 is 0 Å². The number of pyridine rings is 1. The van der Waals surface area contributed by atoms with Gasteiger partial charge in [0.25, 0.3) is 0 Å². The van der Waals surface area contributed by atoms with Crippen LogP contribution in [0.2, 0.25) is 0 Å². The summed E-state index contributed by atoms with van der Waals surface area (Å²) in [7, 11) is 1.55. The fourth-order valence-corrected chi connectivity index (χ4v) is 2.91. The Labute approximate surface area is 156 Å². The molecule has 0 aliphatic carbocycles. The Morgan fingerprint density at radius 3 is 2.67 bits per heavy atom. The number of benzene rings is 1. The highest BCUT2D eigenvalue weighted by Gasteiger charge is 2.31. The molecule has 0 saturated carbocycles. The zero-order chi connectivity index (χ0) is 19.2. The van der Waals surface area contributed by atoms with Crippen molar-refractivity contribution in [2.75, 3.05) is 13.7 Å². The van der Waals surface area contributed by atoms with E-state index in [0.29, 0.717) is 25.5 Å². The minimum absolute atomic E-state index is 0.158. The van der Waals surface area contributed by atoms with Crippen molar-refractivity contribution in [1.29, 1.82) is 0 Å². The van der Waals surface area contributed by atoms with Crippen molar-refractivity contribution >= 4 is 12.0 Å². The zero-order valence-corrected chi connectivity index (χ0v) is 14.8. The summed E-state index contributed by atoms with van der Waals surface area (Å²) in [6.07, 6.45) is 2.13. The molecule has 8 nitrogen and oxygen atoms in total. The molecule has 0 spiro atoms. The fourth-order valence-electron chi connectivity index (χ4n) is 2.91. The van der Waals surface area contributed by atoms with Crippen LogP contribution in [0.1, 0.15) is 34.0 Å². The summed E-state index contributed by atoms with van der Waals surface area (Å²) in [5, 5.41) is 14.6. The topological polar surface area (TPSA) is 110 Å². The van der Waals surface area contributed by atoms with Gasteiger partial charge in [0.15, 0.2) is 0 Å². The van der Waals surface area contributed by atoms with Gasteiger partial charge in [0.2, 0.25) is 5.88 Å². The quantitative estimate of drug-likeness (QED) is 0.717. The highest BCUT2D eigenvalue weighted by atomic mass is 16.5. The molecule has 27 heavy (non-hydrogen) atoms. The van der Waals surface area contributed by atoms with Gasteiger partial charge in [0.05, 0.1) is 18.7 Å². The minimum Gasteiger partial charge on any atom is -0.481 e. The molecule has 1 aliphatic rings. The number of carboxylic acids is 1. The van der Waals surface area contributed by atoms with E-state index in [0.717, 1.165) is 11.1 Å². The molecular weight excluding hydrogens is 350 g/mol. The van der Waals surface area contributed by atoms with Crippen molar-refractivity contribution in [2.24, 2.45) is 0 Å². The van der Waals surface area contributed by atoms with Crippen molar-refractivity contribution in [3.05, 3.63) is 59.3 Å². The lowest BCUT2D eigenvalue weighted by Gasteiger charge is -2.20. The largest absolute Gasteiger partial charge is 0.481 e. The summed E-state index contributed by atoms with van der Waals surface area (Å²) in [6, 6.07) is 9.54. The van der Waals surface area contributed by atoms with Crippen molar-refractivity contribution in [1.82, 2.24) is 15.6 Å². The monoisotopic (exact) mass is 371 g/mol. The molecule has 1 saturated heterocycles. The average Bonchev–Trinajstić information content (AvgIpc) is 3.14. The average molecular weight is 371 g/mol. The number of aromatic nitrogens is 1. The molecule has 2 amide bonds. The van der Waals surface area contributed by atoms with Crippen LogP contribution in [0.4, 0.5) is 4.79 Å². The SMILES string of the molecule is COc1ccc([C@H]2OCC[C@@H]2NC(=O)NCc2ccc(C(=O)O)cc2)cn1. The van der Waals surface area contributed by atoms with Gasteiger partial charge in [-0.25, -0.2) is 14.6 Å². The van der Waals surface area contributed by atoms with Crippen LogP contribution < -0.4 is 15.4 Å². The number of methoxy groups -OCH3 is 1. The maximum Gasteiger partial charge on any atom is 0.335 e. The van der Waals surface area contributed by atoms with E-state index in [9.17, 15) is 9.59 Å². The number of ether oxygens (including phenoxy) is 2. The van der Waals surface area contributed by atoms with E-state index in [1.54, 1.807) is 31.5 Å². The number of carbonyl (C=O) groups excluding carboxylic acids is 1. The van der Waals surface area contributed by atoms with Crippen molar-refractivity contribution in [2.45, 2.75) is 25.1 Å². The molecule has 3 rings (SSSR count). The van der Waals surface area contributed by atoms with E-state index in [1.807, 2.05) is 6.07 Å². The highest BCUT2D eigenvalue weighted by molar-refractivity contribution is 5.87. The first-order valence-electron chi connectivity index (χ1n) is 8.55. The standard InChI is InChI=1S/C19H21N3O5/c1-26-16-7-6-14(11-20-16)17-15(8-9-27-17)22-19(25)21-10-12-2-4-13(5-3-12)18(23)24/h2-7,11,15,17H,8-10H2,1H3,(H,23,24)(H2,21,22,25)/t15-,17+/m0/s1. The molecule has 0 unspecified atom stereocenters. The Morgan fingerprint density at radius 1 is 1.26 bits per heavy atom. The van der Waals surface area contributed by atoms with Crippen LogP contribution in [-0.2, 0) is 11.3 Å². The van der Waals surface area contributed by atoms with Crippen LogP contribution in [0.25, 0.3) is 0 Å². The molecule has 2 aromatic rings. The number of rotatable bonds is 6. The first-order chi connectivity index (χ1) is 13.1. The van der Waals surface area contributed by atoms with Crippen LogP contribution in [0.15, 0.2) is 42.6 Å². The summed E-state index contributed by atoms with van der Waals surface area (Å²) in [6.45, 7) is 0.854. The summed E-state index contributed by atoms with van der Waals surface area (Å²) < 4.78 is 10.8. The third-order valence-electron chi connectivity index (χ3n) is 4.36. The molecule has 2 heterocycles. The van der Waals surface area contributed by atoms with E-state index >= 15 is 0 Å². The Kier molecular flexibility index (Phi) is 5.87. The normalized spacial score (nSPS) is 18.7. The summed E-state index contributed by atoms with van der Waals surface area (Å²) in [4.78, 5) is 27.2. The van der Waals surface area contributed by atoms with Gasteiger partial charge in [-0.05, 0) is 30.2 Å². The number of aromatic carboxylic acids is 1. The van der Waals surface area contributed by atoms with Gasteiger partial charge in [-0.2, -0.15) is 0 Å². The minimum atomic E-state index is -0.979. The number of urea groups is 1. The lowest BCUT2D eigenvalue weighted by Crippen LogP contribution is -2.43. The second kappa shape index (κ2) is 8.50. The summed E-state index contributed by atoms with van der Waals surface area (Å²) in [5.74, 6) is -0.458. The van der Waals surface area contributed by atoms with E-state index in [1.165, 1.54) is 12.1 Å². The highest BCUT2D eigenvalue weighted by Crippen LogP contribution is 2.29. The molecule has 142 valence electrons. The molecule has 8 heteroatoms. The van der Waals surface area contributed by atoms with E-state index in [2.05, 4.69) is 15.6 Å². The van der Waals surface area contributed by atoms with Gasteiger partial charge >= 0.3 is 12.0 Å². The molecule has 1 aliphatic heterocycles. The predicted octanol–water partition coefficient (Wildman–Crippen LogP) is 2.12. The van der Waals surface area contributed by atoms with Gasteiger partial charge in [0.1, 0.15) is 6.10 Å². The molecule has 3 N–H and O–H groups in total.